The van der Waals surface area contributed by atoms with Gasteiger partial charge in [0.2, 0.25) is 5.91 Å². The predicted molar refractivity (Wildman–Crippen MR) is 87.0 cm³/mol. The molecule has 0 saturated heterocycles. The van der Waals surface area contributed by atoms with Crippen molar-refractivity contribution in [3.63, 3.8) is 0 Å². The van der Waals surface area contributed by atoms with Gasteiger partial charge in [0.05, 0.1) is 11.8 Å². The van der Waals surface area contributed by atoms with Crippen molar-refractivity contribution in [3.05, 3.63) is 39.9 Å². The number of halogens is 1. The molecule has 1 aliphatic rings. The number of carbonyl (C=O) groups excluding carboxylic acids is 1. The number of aliphatic carboxylic acids is 1. The van der Waals surface area contributed by atoms with Crippen molar-refractivity contribution in [2.45, 2.75) is 33.6 Å². The van der Waals surface area contributed by atoms with Crippen molar-refractivity contribution in [3.8, 4) is 0 Å². The Morgan fingerprint density at radius 3 is 2.27 bits per heavy atom. The van der Waals surface area contributed by atoms with E-state index in [0.717, 1.165) is 16.7 Å². The van der Waals surface area contributed by atoms with E-state index in [4.69, 9.17) is 11.6 Å². The standard InChI is InChI=1S/C17H20ClNO3/c1-9-7-13(14(17(21)22)8-10(9)2)16(20)19-15-5-4-12(18)6-11(15)3/h4-6,13-14H,7-8H2,1-3H3,(H,19,20)(H,21,22). The Hall–Kier alpha value is -1.81. The van der Waals surface area contributed by atoms with Crippen molar-refractivity contribution in [2.75, 3.05) is 5.32 Å². The minimum atomic E-state index is -0.917. The second-order valence-electron chi connectivity index (χ2n) is 5.97. The lowest BCUT2D eigenvalue weighted by Gasteiger charge is -2.29. The normalized spacial score (nSPS) is 21.6. The Bertz CT molecular complexity index is 651. The summed E-state index contributed by atoms with van der Waals surface area (Å²) in [7, 11) is 0. The van der Waals surface area contributed by atoms with Gasteiger partial charge in [-0.15, -0.1) is 0 Å². The number of benzene rings is 1. The molecule has 0 radical (unpaired) electrons. The smallest absolute Gasteiger partial charge is 0.307 e. The Morgan fingerprint density at radius 2 is 1.73 bits per heavy atom. The summed E-state index contributed by atoms with van der Waals surface area (Å²) in [6.45, 7) is 5.75. The second-order valence-corrected chi connectivity index (χ2v) is 6.41. The molecule has 1 aromatic rings. The molecule has 0 fully saturated rings. The number of aryl methyl sites for hydroxylation is 1. The van der Waals surface area contributed by atoms with E-state index in [-0.39, 0.29) is 5.91 Å². The van der Waals surface area contributed by atoms with Gasteiger partial charge in [-0.1, -0.05) is 22.7 Å². The molecule has 0 heterocycles. The zero-order chi connectivity index (χ0) is 16.4. The van der Waals surface area contributed by atoms with Gasteiger partial charge in [0.15, 0.2) is 0 Å². The highest BCUT2D eigenvalue weighted by Gasteiger charge is 2.37. The van der Waals surface area contributed by atoms with Crippen LogP contribution in [0.25, 0.3) is 0 Å². The SMILES string of the molecule is CC1=C(C)CC(C(=O)Nc2ccc(Cl)cc2C)C(C(=O)O)C1. The van der Waals surface area contributed by atoms with Gasteiger partial charge in [-0.2, -0.15) is 0 Å². The van der Waals surface area contributed by atoms with E-state index in [1.165, 1.54) is 0 Å². The summed E-state index contributed by atoms with van der Waals surface area (Å²) in [5, 5.41) is 12.8. The molecule has 2 atom stereocenters. The molecule has 1 aromatic carbocycles. The van der Waals surface area contributed by atoms with Gasteiger partial charge in [-0.3, -0.25) is 9.59 Å². The van der Waals surface area contributed by atoms with Crippen molar-refractivity contribution < 1.29 is 14.7 Å². The average molecular weight is 322 g/mol. The molecule has 0 spiro atoms. The molecule has 118 valence electrons. The van der Waals surface area contributed by atoms with Crippen molar-refractivity contribution in [2.24, 2.45) is 11.8 Å². The number of carboxylic acids is 1. The third kappa shape index (κ3) is 3.50. The van der Waals surface area contributed by atoms with Crippen LogP contribution in [0.2, 0.25) is 5.02 Å². The third-order valence-corrected chi connectivity index (χ3v) is 4.60. The summed E-state index contributed by atoms with van der Waals surface area (Å²) in [6, 6.07) is 5.21. The minimum Gasteiger partial charge on any atom is -0.481 e. The van der Waals surface area contributed by atoms with E-state index in [0.29, 0.717) is 23.6 Å². The topological polar surface area (TPSA) is 66.4 Å². The maximum atomic E-state index is 12.5. The van der Waals surface area contributed by atoms with Crippen LogP contribution in [0, 0.1) is 18.8 Å². The number of amides is 1. The lowest BCUT2D eigenvalue weighted by atomic mass is 9.76. The highest BCUT2D eigenvalue weighted by Crippen LogP contribution is 2.35. The van der Waals surface area contributed by atoms with Gasteiger partial charge < -0.3 is 10.4 Å². The minimum absolute atomic E-state index is 0.246. The number of nitrogens with one attached hydrogen (secondary N) is 1. The van der Waals surface area contributed by atoms with Crippen molar-refractivity contribution in [1.82, 2.24) is 0 Å². The van der Waals surface area contributed by atoms with Crippen LogP contribution in [0.15, 0.2) is 29.3 Å². The zero-order valence-corrected chi connectivity index (χ0v) is 13.7. The fourth-order valence-corrected chi connectivity index (χ4v) is 3.05. The number of rotatable bonds is 3. The Morgan fingerprint density at radius 1 is 1.14 bits per heavy atom. The lowest BCUT2D eigenvalue weighted by molar-refractivity contribution is -0.146. The Labute approximate surface area is 135 Å². The number of hydrogen-bond donors (Lipinski definition) is 2. The fraction of sp³-hybridized carbons (Fsp3) is 0.412. The fourth-order valence-electron chi connectivity index (χ4n) is 2.82. The molecule has 0 aliphatic heterocycles. The van der Waals surface area contributed by atoms with E-state index in [2.05, 4.69) is 5.32 Å². The quantitative estimate of drug-likeness (QED) is 0.826. The van der Waals surface area contributed by atoms with Crippen LogP contribution in [0.4, 0.5) is 5.69 Å². The van der Waals surface area contributed by atoms with Crippen LogP contribution in [-0.2, 0) is 9.59 Å². The number of allylic oxidation sites excluding steroid dienone is 2. The van der Waals surface area contributed by atoms with Gasteiger partial charge in [0, 0.05) is 10.7 Å². The zero-order valence-electron chi connectivity index (χ0n) is 12.9. The molecule has 2 unspecified atom stereocenters. The lowest BCUT2D eigenvalue weighted by Crippen LogP contribution is -2.36. The van der Waals surface area contributed by atoms with Crippen LogP contribution < -0.4 is 5.32 Å². The largest absolute Gasteiger partial charge is 0.481 e. The molecular weight excluding hydrogens is 302 g/mol. The summed E-state index contributed by atoms with van der Waals surface area (Å²) in [6.07, 6.45) is 0.917. The van der Waals surface area contributed by atoms with E-state index in [9.17, 15) is 14.7 Å². The average Bonchev–Trinajstić information content (AvgIpc) is 2.44. The van der Waals surface area contributed by atoms with Gasteiger partial charge in [-0.05, 0) is 57.4 Å². The second kappa shape index (κ2) is 6.53. The first kappa shape index (κ1) is 16.6. The van der Waals surface area contributed by atoms with Gasteiger partial charge in [0.25, 0.3) is 0 Å². The predicted octanol–water partition coefficient (Wildman–Crippen LogP) is 4.03. The molecule has 2 N–H and O–H groups in total. The van der Waals surface area contributed by atoms with E-state index in [1.54, 1.807) is 18.2 Å². The number of carbonyl (C=O) groups is 2. The molecule has 4 nitrogen and oxygen atoms in total. The van der Waals surface area contributed by atoms with E-state index in [1.807, 2.05) is 20.8 Å². The number of hydrogen-bond acceptors (Lipinski definition) is 2. The first-order chi connectivity index (χ1) is 10.3. The summed E-state index contributed by atoms with van der Waals surface area (Å²) >= 11 is 5.91. The van der Waals surface area contributed by atoms with Gasteiger partial charge in [-0.25, -0.2) is 0 Å². The monoisotopic (exact) mass is 321 g/mol. The Balaban J connectivity index is 2.21. The first-order valence-electron chi connectivity index (χ1n) is 7.24. The van der Waals surface area contributed by atoms with Crippen LogP contribution in [0.5, 0.6) is 0 Å². The van der Waals surface area contributed by atoms with Crippen LogP contribution in [0.1, 0.15) is 32.3 Å². The molecule has 5 heteroatoms. The van der Waals surface area contributed by atoms with Gasteiger partial charge in [0.1, 0.15) is 0 Å². The van der Waals surface area contributed by atoms with E-state index >= 15 is 0 Å². The van der Waals surface area contributed by atoms with Crippen molar-refractivity contribution in [1.29, 1.82) is 0 Å². The maximum absolute atomic E-state index is 12.5. The third-order valence-electron chi connectivity index (χ3n) is 4.37. The number of carboxylic acid groups (broad SMARTS) is 1. The molecule has 0 aromatic heterocycles. The summed E-state index contributed by atoms with van der Waals surface area (Å²) in [5.41, 5.74) is 3.69. The van der Waals surface area contributed by atoms with Crippen LogP contribution in [0.3, 0.4) is 0 Å². The van der Waals surface area contributed by atoms with Crippen LogP contribution >= 0.6 is 11.6 Å². The summed E-state index contributed by atoms with van der Waals surface area (Å²) < 4.78 is 0. The molecule has 2 rings (SSSR count). The van der Waals surface area contributed by atoms with Gasteiger partial charge >= 0.3 is 5.97 Å². The number of anilines is 1. The molecule has 22 heavy (non-hydrogen) atoms. The molecule has 1 amide bonds. The maximum Gasteiger partial charge on any atom is 0.307 e. The Kier molecular flexibility index (Phi) is 4.91. The molecule has 1 aliphatic carbocycles. The summed E-state index contributed by atoms with van der Waals surface area (Å²) in [4.78, 5) is 24.0. The molecular formula is C17H20ClNO3. The molecule has 0 saturated carbocycles. The highest BCUT2D eigenvalue weighted by atomic mass is 35.5. The summed E-state index contributed by atoms with van der Waals surface area (Å²) in [5.74, 6) is -2.38. The van der Waals surface area contributed by atoms with E-state index < -0.39 is 17.8 Å². The van der Waals surface area contributed by atoms with Crippen LogP contribution in [-0.4, -0.2) is 17.0 Å². The molecule has 0 bridgehead atoms. The van der Waals surface area contributed by atoms with Crippen molar-refractivity contribution >= 4 is 29.2 Å². The highest BCUT2D eigenvalue weighted by molar-refractivity contribution is 6.30. The first-order valence-corrected chi connectivity index (χ1v) is 7.62.